The molecular weight excluding hydrogens is 326 g/mol. The Hall–Kier alpha value is -1.56. The van der Waals surface area contributed by atoms with Gasteiger partial charge in [0.25, 0.3) is 0 Å². The fourth-order valence-electron chi connectivity index (χ4n) is 1.64. The number of benzene rings is 1. The Labute approximate surface area is 127 Å². The van der Waals surface area contributed by atoms with Crippen molar-refractivity contribution >= 4 is 33.6 Å². The molecule has 0 aromatic heterocycles. The van der Waals surface area contributed by atoms with Gasteiger partial charge in [-0.2, -0.15) is 0 Å². The maximum atomic E-state index is 11.6. The van der Waals surface area contributed by atoms with Gasteiger partial charge in [0.1, 0.15) is 13.1 Å². The van der Waals surface area contributed by atoms with Crippen LogP contribution in [0.2, 0.25) is 0 Å². The number of carbonyl (C=O) groups is 2. The number of nitrogens with zero attached hydrogens (tertiary/aromatic N) is 1. The number of hydrogen-bond donors (Lipinski definition) is 0. The third-order valence-electron chi connectivity index (χ3n) is 2.42. The SMILES string of the molecule is CCOC(=O)CN(CC(=O)OCC)c1cccc(Br)c1. The lowest BCUT2D eigenvalue weighted by Gasteiger charge is -2.22. The van der Waals surface area contributed by atoms with Gasteiger partial charge in [-0.05, 0) is 32.0 Å². The maximum Gasteiger partial charge on any atom is 0.325 e. The highest BCUT2D eigenvalue weighted by Crippen LogP contribution is 2.20. The van der Waals surface area contributed by atoms with Crippen LogP contribution in [0.4, 0.5) is 5.69 Å². The summed E-state index contributed by atoms with van der Waals surface area (Å²) in [5.74, 6) is -0.756. The Morgan fingerprint density at radius 1 is 1.10 bits per heavy atom. The summed E-state index contributed by atoms with van der Waals surface area (Å²) < 4.78 is 10.7. The number of rotatable bonds is 7. The highest BCUT2D eigenvalue weighted by atomic mass is 79.9. The van der Waals surface area contributed by atoms with E-state index in [0.717, 1.165) is 10.2 Å². The average molecular weight is 344 g/mol. The van der Waals surface area contributed by atoms with E-state index in [2.05, 4.69) is 15.9 Å². The van der Waals surface area contributed by atoms with Crippen LogP contribution in [-0.4, -0.2) is 38.2 Å². The second-order valence-electron chi connectivity index (χ2n) is 3.95. The molecule has 0 heterocycles. The lowest BCUT2D eigenvalue weighted by molar-refractivity contribution is -0.142. The maximum absolute atomic E-state index is 11.6. The van der Waals surface area contributed by atoms with Crippen LogP contribution in [0.15, 0.2) is 28.7 Å². The van der Waals surface area contributed by atoms with Crippen molar-refractivity contribution in [3.63, 3.8) is 0 Å². The molecule has 1 rings (SSSR count). The summed E-state index contributed by atoms with van der Waals surface area (Å²) in [6.45, 7) is 4.11. The number of ether oxygens (including phenoxy) is 2. The predicted molar refractivity (Wildman–Crippen MR) is 79.6 cm³/mol. The number of halogens is 1. The zero-order valence-corrected chi connectivity index (χ0v) is 13.2. The predicted octanol–water partition coefficient (Wildman–Crippen LogP) is 2.38. The van der Waals surface area contributed by atoms with Crippen LogP contribution < -0.4 is 4.90 Å². The molecule has 0 N–H and O–H groups in total. The zero-order valence-electron chi connectivity index (χ0n) is 11.6. The Morgan fingerprint density at radius 2 is 1.65 bits per heavy atom. The Kier molecular flexibility index (Phi) is 7.08. The van der Waals surface area contributed by atoms with Gasteiger partial charge in [-0.3, -0.25) is 9.59 Å². The fourth-order valence-corrected chi connectivity index (χ4v) is 2.02. The molecule has 0 amide bonds. The summed E-state index contributed by atoms with van der Waals surface area (Å²) in [6, 6.07) is 7.36. The molecule has 0 aliphatic rings. The van der Waals surface area contributed by atoms with Crippen molar-refractivity contribution in [1.29, 1.82) is 0 Å². The Morgan fingerprint density at radius 3 is 2.10 bits per heavy atom. The van der Waals surface area contributed by atoms with E-state index in [1.165, 1.54) is 0 Å². The summed E-state index contributed by atoms with van der Waals surface area (Å²) in [5, 5.41) is 0. The van der Waals surface area contributed by atoms with Crippen LogP contribution in [0.25, 0.3) is 0 Å². The molecule has 0 saturated carbocycles. The molecule has 0 fully saturated rings. The highest BCUT2D eigenvalue weighted by molar-refractivity contribution is 9.10. The molecule has 0 spiro atoms. The largest absolute Gasteiger partial charge is 0.465 e. The summed E-state index contributed by atoms with van der Waals surface area (Å²) in [5.41, 5.74) is 0.750. The van der Waals surface area contributed by atoms with Crippen LogP contribution in [-0.2, 0) is 19.1 Å². The molecule has 0 aliphatic heterocycles. The molecule has 1 aromatic rings. The molecule has 0 saturated heterocycles. The van der Waals surface area contributed by atoms with Gasteiger partial charge in [-0.15, -0.1) is 0 Å². The Balaban J connectivity index is 2.83. The van der Waals surface area contributed by atoms with Crippen LogP contribution in [0.1, 0.15) is 13.8 Å². The second kappa shape index (κ2) is 8.58. The highest BCUT2D eigenvalue weighted by Gasteiger charge is 2.17. The van der Waals surface area contributed by atoms with E-state index in [9.17, 15) is 9.59 Å². The van der Waals surface area contributed by atoms with E-state index >= 15 is 0 Å². The number of carbonyl (C=O) groups excluding carboxylic acids is 2. The molecule has 5 nitrogen and oxygen atoms in total. The summed E-state index contributed by atoms with van der Waals surface area (Å²) in [4.78, 5) is 24.9. The summed E-state index contributed by atoms with van der Waals surface area (Å²) in [6.07, 6.45) is 0. The molecule has 20 heavy (non-hydrogen) atoms. The molecule has 6 heteroatoms. The van der Waals surface area contributed by atoms with Gasteiger partial charge in [-0.1, -0.05) is 22.0 Å². The average Bonchev–Trinajstić information content (AvgIpc) is 2.38. The van der Waals surface area contributed by atoms with Gasteiger partial charge in [0.05, 0.1) is 13.2 Å². The van der Waals surface area contributed by atoms with E-state index < -0.39 is 0 Å². The van der Waals surface area contributed by atoms with Crippen molar-refractivity contribution in [2.45, 2.75) is 13.8 Å². The first-order chi connectivity index (χ1) is 9.56. The topological polar surface area (TPSA) is 55.8 Å². The van der Waals surface area contributed by atoms with Gasteiger partial charge < -0.3 is 14.4 Å². The molecule has 0 unspecified atom stereocenters. The first-order valence-corrected chi connectivity index (χ1v) is 7.17. The molecule has 0 atom stereocenters. The third kappa shape index (κ3) is 5.61. The van der Waals surface area contributed by atoms with Crippen molar-refractivity contribution < 1.29 is 19.1 Å². The van der Waals surface area contributed by atoms with Gasteiger partial charge in [0, 0.05) is 10.2 Å². The molecule has 1 aromatic carbocycles. The number of hydrogen-bond acceptors (Lipinski definition) is 5. The molecule has 0 bridgehead atoms. The number of anilines is 1. The van der Waals surface area contributed by atoms with Crippen molar-refractivity contribution in [2.24, 2.45) is 0 Å². The number of esters is 2. The molecule has 0 aliphatic carbocycles. The van der Waals surface area contributed by atoms with E-state index in [4.69, 9.17) is 9.47 Å². The Bertz CT molecular complexity index is 444. The molecule has 0 radical (unpaired) electrons. The van der Waals surface area contributed by atoms with Gasteiger partial charge in [0.15, 0.2) is 0 Å². The van der Waals surface area contributed by atoms with E-state index in [0.29, 0.717) is 13.2 Å². The normalized spacial score (nSPS) is 9.95. The fraction of sp³-hybridized carbons (Fsp3) is 0.429. The first kappa shape index (κ1) is 16.5. The van der Waals surface area contributed by atoms with Crippen LogP contribution >= 0.6 is 15.9 Å². The summed E-state index contributed by atoms with van der Waals surface area (Å²) >= 11 is 3.37. The zero-order chi connectivity index (χ0) is 15.0. The second-order valence-corrected chi connectivity index (χ2v) is 4.86. The van der Waals surface area contributed by atoms with Crippen LogP contribution in [0.3, 0.4) is 0 Å². The van der Waals surface area contributed by atoms with Crippen LogP contribution in [0.5, 0.6) is 0 Å². The lowest BCUT2D eigenvalue weighted by atomic mass is 10.3. The first-order valence-electron chi connectivity index (χ1n) is 6.38. The molecule has 110 valence electrons. The monoisotopic (exact) mass is 343 g/mol. The minimum Gasteiger partial charge on any atom is -0.465 e. The van der Waals surface area contributed by atoms with Gasteiger partial charge in [-0.25, -0.2) is 0 Å². The molecular formula is C14H18BrNO4. The van der Waals surface area contributed by atoms with E-state index in [1.807, 2.05) is 24.3 Å². The van der Waals surface area contributed by atoms with Crippen molar-refractivity contribution in [3.05, 3.63) is 28.7 Å². The third-order valence-corrected chi connectivity index (χ3v) is 2.92. The minimum atomic E-state index is -0.378. The smallest absolute Gasteiger partial charge is 0.325 e. The lowest BCUT2D eigenvalue weighted by Crippen LogP contribution is -2.36. The van der Waals surface area contributed by atoms with Crippen molar-refractivity contribution in [1.82, 2.24) is 0 Å². The standard InChI is InChI=1S/C14H18BrNO4/c1-3-19-13(17)9-16(10-14(18)20-4-2)12-7-5-6-11(15)8-12/h5-8H,3-4,9-10H2,1-2H3. The van der Waals surface area contributed by atoms with Gasteiger partial charge in [0.2, 0.25) is 0 Å². The van der Waals surface area contributed by atoms with Crippen LogP contribution in [0, 0.1) is 0 Å². The van der Waals surface area contributed by atoms with Gasteiger partial charge >= 0.3 is 11.9 Å². The minimum absolute atomic E-state index is 0.00308. The quantitative estimate of drug-likeness (QED) is 0.711. The summed E-state index contributed by atoms with van der Waals surface area (Å²) in [7, 11) is 0. The van der Waals surface area contributed by atoms with Crippen molar-refractivity contribution in [3.8, 4) is 0 Å². The van der Waals surface area contributed by atoms with E-state index in [1.54, 1.807) is 18.7 Å². The van der Waals surface area contributed by atoms with Crippen molar-refractivity contribution in [2.75, 3.05) is 31.2 Å². The van der Waals surface area contributed by atoms with E-state index in [-0.39, 0.29) is 25.0 Å².